The summed E-state index contributed by atoms with van der Waals surface area (Å²) >= 11 is 3.62. The highest BCUT2D eigenvalue weighted by atomic mass is 79.9. The number of amidine groups is 1. The Hall–Kier alpha value is -2.77. The molecule has 0 saturated carbocycles. The number of carbonyl (C=O) groups excluding carboxylic acids is 1. The minimum atomic E-state index is -1.16. The summed E-state index contributed by atoms with van der Waals surface area (Å²) in [6.07, 6.45) is 5.79. The van der Waals surface area contributed by atoms with Gasteiger partial charge in [0.1, 0.15) is 22.7 Å². The molecule has 0 saturated heterocycles. The second kappa shape index (κ2) is 9.36. The first-order chi connectivity index (χ1) is 16.4. The highest BCUT2D eigenvalue weighted by Gasteiger charge is 2.44. The standard InChI is InChI=1S/C28H31BrN2O3S/c1-27(2,3)33-26(32)30-25-23-12-7-8-13-24(23)28(31-25,20-10-9-11-21(29)18-20)19-14-16-22(17-15-19)34-35(4,5)6/h7-18H,1-6H3,(H,30,31,32). The third-order valence-corrected chi connectivity index (χ3v) is 6.52. The van der Waals surface area contributed by atoms with Crippen LogP contribution in [0.15, 0.2) is 82.3 Å². The molecule has 0 aliphatic carbocycles. The molecule has 1 aliphatic heterocycles. The predicted molar refractivity (Wildman–Crippen MR) is 149 cm³/mol. The van der Waals surface area contributed by atoms with Gasteiger partial charge in [-0.3, -0.25) is 5.32 Å². The van der Waals surface area contributed by atoms with E-state index in [0.29, 0.717) is 5.84 Å². The van der Waals surface area contributed by atoms with Crippen molar-refractivity contribution in [3.63, 3.8) is 0 Å². The summed E-state index contributed by atoms with van der Waals surface area (Å²) in [5.74, 6) is 1.30. The van der Waals surface area contributed by atoms with E-state index in [9.17, 15) is 4.79 Å². The van der Waals surface area contributed by atoms with Gasteiger partial charge < -0.3 is 8.92 Å². The van der Waals surface area contributed by atoms with Crippen molar-refractivity contribution in [2.45, 2.75) is 31.9 Å². The molecule has 4 rings (SSSR count). The summed E-state index contributed by atoms with van der Waals surface area (Å²) in [4.78, 5) is 17.9. The molecule has 184 valence electrons. The van der Waals surface area contributed by atoms with Crippen LogP contribution in [0.2, 0.25) is 0 Å². The molecule has 0 fully saturated rings. The van der Waals surface area contributed by atoms with E-state index in [1.54, 1.807) is 0 Å². The Morgan fingerprint density at radius 1 is 0.943 bits per heavy atom. The normalized spacial score (nSPS) is 17.9. The number of fused-ring (bicyclic) bond motifs is 1. The zero-order valence-electron chi connectivity index (χ0n) is 20.9. The number of carbonyl (C=O) groups is 1. The quantitative estimate of drug-likeness (QED) is 0.377. The molecule has 0 spiro atoms. The number of amides is 1. The second-order valence-electron chi connectivity index (χ2n) is 10.2. The first kappa shape index (κ1) is 25.3. The molecule has 0 aromatic heterocycles. The highest BCUT2D eigenvalue weighted by Crippen LogP contribution is 2.47. The van der Waals surface area contributed by atoms with Crippen molar-refractivity contribution in [2.75, 3.05) is 18.8 Å². The number of alkyl carbamates (subject to hydrolysis) is 1. The van der Waals surface area contributed by atoms with Crippen molar-refractivity contribution < 1.29 is 13.7 Å². The average Bonchev–Trinajstić information content (AvgIpc) is 3.07. The zero-order chi connectivity index (χ0) is 25.4. The third-order valence-electron chi connectivity index (χ3n) is 5.33. The van der Waals surface area contributed by atoms with Gasteiger partial charge in [0.15, 0.2) is 0 Å². The number of rotatable bonds is 4. The molecule has 3 aromatic rings. The van der Waals surface area contributed by atoms with Crippen LogP contribution in [-0.2, 0) is 10.3 Å². The number of halogens is 1. The smallest absolute Gasteiger partial charge is 0.413 e. The summed E-state index contributed by atoms with van der Waals surface area (Å²) in [7, 11) is -1.16. The molecular formula is C28H31BrN2O3S. The van der Waals surface area contributed by atoms with Crippen LogP contribution >= 0.6 is 26.2 Å². The van der Waals surface area contributed by atoms with Gasteiger partial charge in [0.2, 0.25) is 0 Å². The number of hydrogen-bond acceptors (Lipinski definition) is 4. The molecule has 5 nitrogen and oxygen atoms in total. The summed E-state index contributed by atoms with van der Waals surface area (Å²) in [6.45, 7) is 5.52. The van der Waals surface area contributed by atoms with Crippen LogP contribution in [0.1, 0.15) is 43.0 Å². The van der Waals surface area contributed by atoms with Gasteiger partial charge in [0.25, 0.3) is 0 Å². The third kappa shape index (κ3) is 5.57. The molecule has 7 heteroatoms. The lowest BCUT2D eigenvalue weighted by Crippen LogP contribution is -2.36. The fourth-order valence-electron chi connectivity index (χ4n) is 4.15. The topological polar surface area (TPSA) is 59.9 Å². The lowest BCUT2D eigenvalue weighted by Gasteiger charge is -2.30. The molecule has 0 bridgehead atoms. The van der Waals surface area contributed by atoms with Crippen molar-refractivity contribution in [3.8, 4) is 5.75 Å². The van der Waals surface area contributed by atoms with Gasteiger partial charge in [-0.25, -0.2) is 9.79 Å². The van der Waals surface area contributed by atoms with Crippen molar-refractivity contribution in [3.05, 3.63) is 99.5 Å². The van der Waals surface area contributed by atoms with Gasteiger partial charge in [0, 0.05) is 10.0 Å². The summed E-state index contributed by atoms with van der Waals surface area (Å²) < 4.78 is 12.6. The van der Waals surface area contributed by atoms with E-state index < -0.39 is 27.5 Å². The maximum atomic E-state index is 12.7. The van der Waals surface area contributed by atoms with E-state index in [-0.39, 0.29) is 0 Å². The number of hydrogen-bond donors (Lipinski definition) is 1. The van der Waals surface area contributed by atoms with Crippen LogP contribution in [0.4, 0.5) is 4.79 Å². The zero-order valence-corrected chi connectivity index (χ0v) is 23.3. The van der Waals surface area contributed by atoms with Gasteiger partial charge in [-0.1, -0.05) is 64.5 Å². The van der Waals surface area contributed by atoms with Gasteiger partial charge in [-0.2, -0.15) is 0 Å². The molecule has 35 heavy (non-hydrogen) atoms. The van der Waals surface area contributed by atoms with Gasteiger partial charge in [-0.05, 0) is 80.5 Å². The number of benzene rings is 3. The molecule has 1 heterocycles. The van der Waals surface area contributed by atoms with Crippen molar-refractivity contribution in [1.82, 2.24) is 5.32 Å². The molecular weight excluding hydrogens is 524 g/mol. The van der Waals surface area contributed by atoms with Gasteiger partial charge in [-0.15, -0.1) is 10.3 Å². The van der Waals surface area contributed by atoms with Crippen molar-refractivity contribution >= 4 is 38.2 Å². The Morgan fingerprint density at radius 3 is 2.26 bits per heavy atom. The highest BCUT2D eigenvalue weighted by molar-refractivity contribution is 9.10. The van der Waals surface area contributed by atoms with E-state index in [1.807, 2.05) is 63.2 Å². The molecule has 1 amide bonds. The Balaban J connectivity index is 1.88. The van der Waals surface area contributed by atoms with Crippen LogP contribution in [0.25, 0.3) is 0 Å². The lowest BCUT2D eigenvalue weighted by atomic mass is 9.77. The molecule has 1 atom stereocenters. The Bertz CT molecular complexity index is 1280. The summed E-state index contributed by atoms with van der Waals surface area (Å²) in [5, 5.41) is 2.90. The van der Waals surface area contributed by atoms with E-state index in [2.05, 4.69) is 70.3 Å². The van der Waals surface area contributed by atoms with Crippen LogP contribution in [-0.4, -0.2) is 36.3 Å². The monoisotopic (exact) mass is 554 g/mol. The first-order valence-electron chi connectivity index (χ1n) is 11.3. The van der Waals surface area contributed by atoms with E-state index in [4.69, 9.17) is 13.9 Å². The van der Waals surface area contributed by atoms with Crippen molar-refractivity contribution in [2.24, 2.45) is 4.99 Å². The SMILES string of the molecule is CC(C)(C)OC(=O)NC1=NC(c2ccc(OS(C)(C)C)cc2)(c2cccc(Br)c2)c2ccccc21. The summed E-state index contributed by atoms with van der Waals surface area (Å²) in [6, 6.07) is 24.2. The number of aliphatic imine (C=N–C) groups is 1. The molecule has 3 aromatic carbocycles. The average molecular weight is 556 g/mol. The van der Waals surface area contributed by atoms with E-state index >= 15 is 0 Å². The van der Waals surface area contributed by atoms with Crippen molar-refractivity contribution in [1.29, 1.82) is 0 Å². The maximum Gasteiger partial charge on any atom is 0.413 e. The lowest BCUT2D eigenvalue weighted by molar-refractivity contribution is 0.0563. The second-order valence-corrected chi connectivity index (χ2v) is 14.7. The van der Waals surface area contributed by atoms with E-state index in [0.717, 1.165) is 32.5 Å². The number of nitrogens with one attached hydrogen (secondary N) is 1. The molecule has 1 aliphatic rings. The fourth-order valence-corrected chi connectivity index (χ4v) is 5.24. The van der Waals surface area contributed by atoms with Gasteiger partial charge in [0.05, 0.1) is 0 Å². The molecule has 1 unspecified atom stereocenters. The Morgan fingerprint density at radius 2 is 1.63 bits per heavy atom. The Kier molecular flexibility index (Phi) is 6.77. The first-order valence-corrected chi connectivity index (χ1v) is 14.9. The summed E-state index contributed by atoms with van der Waals surface area (Å²) in [5.41, 5.74) is 2.33. The van der Waals surface area contributed by atoms with E-state index in [1.165, 1.54) is 0 Å². The molecule has 0 radical (unpaired) electrons. The maximum absolute atomic E-state index is 12.7. The Labute approximate surface area is 217 Å². The van der Waals surface area contributed by atoms with Crippen LogP contribution < -0.4 is 9.50 Å². The predicted octanol–water partition coefficient (Wildman–Crippen LogP) is 7.01. The fraction of sp³-hybridized carbons (Fsp3) is 0.286. The van der Waals surface area contributed by atoms with Crippen LogP contribution in [0, 0.1) is 0 Å². The number of nitrogens with zero attached hydrogens (tertiary/aromatic N) is 1. The van der Waals surface area contributed by atoms with Crippen LogP contribution in [0.3, 0.4) is 0 Å². The van der Waals surface area contributed by atoms with Gasteiger partial charge >= 0.3 is 6.09 Å². The largest absolute Gasteiger partial charge is 0.450 e. The molecule has 1 N–H and O–H groups in total. The number of ether oxygens (including phenoxy) is 1. The minimum absolute atomic E-state index is 0.481. The van der Waals surface area contributed by atoms with Crippen LogP contribution in [0.5, 0.6) is 5.75 Å². The minimum Gasteiger partial charge on any atom is -0.450 e.